The maximum absolute atomic E-state index is 12.9. The third kappa shape index (κ3) is 6.28. The Morgan fingerprint density at radius 3 is 2.81 bits per heavy atom. The molecule has 0 spiro atoms. The molecule has 0 radical (unpaired) electrons. The van der Waals surface area contributed by atoms with E-state index in [-0.39, 0.29) is 42.4 Å². The van der Waals surface area contributed by atoms with E-state index in [4.69, 9.17) is 5.73 Å². The molecular formula is C14H20FIN4O. The lowest BCUT2D eigenvalue weighted by molar-refractivity contribution is -0.114. The third-order valence-corrected chi connectivity index (χ3v) is 3.30. The summed E-state index contributed by atoms with van der Waals surface area (Å²) in [5, 5.41) is 5.56. The van der Waals surface area contributed by atoms with Crippen LogP contribution in [0.2, 0.25) is 0 Å². The molecule has 1 amide bonds. The average molecular weight is 406 g/mol. The molecule has 0 heterocycles. The predicted molar refractivity (Wildman–Crippen MR) is 92.3 cm³/mol. The fourth-order valence-electron chi connectivity index (χ4n) is 1.93. The number of nitrogens with one attached hydrogen (secondary N) is 2. The van der Waals surface area contributed by atoms with E-state index in [0.29, 0.717) is 11.6 Å². The highest BCUT2D eigenvalue weighted by molar-refractivity contribution is 14.0. The number of benzene rings is 1. The van der Waals surface area contributed by atoms with Crippen molar-refractivity contribution >= 4 is 41.5 Å². The minimum atomic E-state index is -0.395. The van der Waals surface area contributed by atoms with Crippen molar-refractivity contribution in [3.8, 4) is 0 Å². The van der Waals surface area contributed by atoms with Crippen molar-refractivity contribution in [2.45, 2.75) is 19.3 Å². The number of aliphatic imine (C=N–C) groups is 1. The van der Waals surface area contributed by atoms with Gasteiger partial charge in [-0.05, 0) is 37.0 Å². The molecule has 1 aromatic carbocycles. The van der Waals surface area contributed by atoms with Gasteiger partial charge in [-0.25, -0.2) is 9.38 Å². The summed E-state index contributed by atoms with van der Waals surface area (Å²) in [6, 6.07) is 5.71. The maximum atomic E-state index is 12.9. The number of halogens is 2. The number of guanidine groups is 1. The molecule has 0 atom stereocenters. The average Bonchev–Trinajstić information content (AvgIpc) is 2.34. The molecule has 4 N–H and O–H groups in total. The highest BCUT2D eigenvalue weighted by Gasteiger charge is 2.16. The van der Waals surface area contributed by atoms with Crippen LogP contribution in [0.5, 0.6) is 0 Å². The summed E-state index contributed by atoms with van der Waals surface area (Å²) < 4.78 is 12.9. The van der Waals surface area contributed by atoms with Crippen LogP contribution in [0.1, 0.15) is 19.3 Å². The van der Waals surface area contributed by atoms with Crippen molar-refractivity contribution in [3.63, 3.8) is 0 Å². The van der Waals surface area contributed by atoms with Gasteiger partial charge < -0.3 is 16.4 Å². The van der Waals surface area contributed by atoms with E-state index in [1.165, 1.54) is 37.5 Å². The summed E-state index contributed by atoms with van der Waals surface area (Å²) in [6.45, 7) is 0.723. The highest BCUT2D eigenvalue weighted by atomic mass is 127. The van der Waals surface area contributed by atoms with E-state index in [0.717, 1.165) is 6.54 Å². The normalized spacial score (nSPS) is 14.8. The molecule has 1 saturated carbocycles. The number of nitrogens with zero attached hydrogens (tertiary/aromatic N) is 1. The van der Waals surface area contributed by atoms with E-state index in [1.54, 1.807) is 6.07 Å². The van der Waals surface area contributed by atoms with Gasteiger partial charge in [-0.2, -0.15) is 0 Å². The summed E-state index contributed by atoms with van der Waals surface area (Å²) in [6.07, 6.45) is 3.72. The molecule has 1 aliphatic rings. The third-order valence-electron chi connectivity index (χ3n) is 3.30. The second-order valence-corrected chi connectivity index (χ2v) is 4.94. The number of amides is 1. The van der Waals surface area contributed by atoms with Crippen LogP contribution in [0, 0.1) is 11.7 Å². The second-order valence-electron chi connectivity index (χ2n) is 4.94. The van der Waals surface area contributed by atoms with Gasteiger partial charge in [0.15, 0.2) is 5.96 Å². The van der Waals surface area contributed by atoms with Gasteiger partial charge in [0.25, 0.3) is 0 Å². The summed E-state index contributed by atoms with van der Waals surface area (Å²) in [5.41, 5.74) is 6.07. The van der Waals surface area contributed by atoms with Gasteiger partial charge in [0.2, 0.25) is 5.91 Å². The summed E-state index contributed by atoms with van der Waals surface area (Å²) >= 11 is 0. The Morgan fingerprint density at radius 1 is 1.43 bits per heavy atom. The SMILES string of the molecule is I.NC(=NCC(=O)Nc1cccc(F)c1)NCC1CCC1. The number of carbonyl (C=O) groups is 1. The lowest BCUT2D eigenvalue weighted by Crippen LogP contribution is -2.37. The fraction of sp³-hybridized carbons (Fsp3) is 0.429. The quantitative estimate of drug-likeness (QED) is 0.398. The largest absolute Gasteiger partial charge is 0.370 e. The standard InChI is InChI=1S/C14H19FN4O.HI/c15-11-5-2-6-12(7-11)19-13(20)9-18-14(16)17-8-10-3-1-4-10;/h2,5-7,10H,1,3-4,8-9H2,(H,19,20)(H3,16,17,18);1H. The number of rotatable bonds is 5. The van der Waals surface area contributed by atoms with E-state index in [1.807, 2.05) is 0 Å². The van der Waals surface area contributed by atoms with Crippen LogP contribution >= 0.6 is 24.0 Å². The zero-order valence-corrected chi connectivity index (χ0v) is 14.0. The van der Waals surface area contributed by atoms with E-state index in [9.17, 15) is 9.18 Å². The number of anilines is 1. The van der Waals surface area contributed by atoms with Crippen LogP contribution in [-0.2, 0) is 4.79 Å². The molecule has 0 saturated heterocycles. The Balaban J connectivity index is 0.00000220. The molecule has 1 aromatic rings. The molecule has 2 rings (SSSR count). The van der Waals surface area contributed by atoms with E-state index >= 15 is 0 Å². The first-order valence-corrected chi connectivity index (χ1v) is 6.72. The lowest BCUT2D eigenvalue weighted by Gasteiger charge is -2.25. The van der Waals surface area contributed by atoms with Crippen LogP contribution in [0.3, 0.4) is 0 Å². The smallest absolute Gasteiger partial charge is 0.246 e. The monoisotopic (exact) mass is 406 g/mol. The van der Waals surface area contributed by atoms with Crippen LogP contribution in [0.15, 0.2) is 29.3 Å². The highest BCUT2D eigenvalue weighted by Crippen LogP contribution is 2.24. The Hall–Kier alpha value is -1.38. The number of nitrogens with two attached hydrogens (primary N) is 1. The van der Waals surface area contributed by atoms with Crippen molar-refractivity contribution in [2.24, 2.45) is 16.6 Å². The summed E-state index contributed by atoms with van der Waals surface area (Å²) in [7, 11) is 0. The molecule has 5 nitrogen and oxygen atoms in total. The predicted octanol–water partition coefficient (Wildman–Crippen LogP) is 2.09. The molecule has 0 unspecified atom stereocenters. The second kappa shape index (κ2) is 8.81. The van der Waals surface area contributed by atoms with E-state index < -0.39 is 5.82 Å². The first-order valence-electron chi connectivity index (χ1n) is 6.72. The van der Waals surface area contributed by atoms with Gasteiger partial charge in [-0.15, -0.1) is 24.0 Å². The lowest BCUT2D eigenvalue weighted by atomic mass is 9.85. The Labute approximate surface area is 140 Å². The molecule has 116 valence electrons. The van der Waals surface area contributed by atoms with Gasteiger partial charge in [0.05, 0.1) is 0 Å². The maximum Gasteiger partial charge on any atom is 0.246 e. The number of hydrogen-bond acceptors (Lipinski definition) is 2. The Kier molecular flexibility index (Phi) is 7.41. The topological polar surface area (TPSA) is 79.5 Å². The zero-order chi connectivity index (χ0) is 14.4. The Morgan fingerprint density at radius 2 is 2.19 bits per heavy atom. The minimum Gasteiger partial charge on any atom is -0.370 e. The van der Waals surface area contributed by atoms with Crippen LogP contribution in [0.4, 0.5) is 10.1 Å². The zero-order valence-electron chi connectivity index (χ0n) is 11.6. The van der Waals surface area contributed by atoms with Gasteiger partial charge in [-0.1, -0.05) is 12.5 Å². The molecule has 7 heteroatoms. The first-order chi connectivity index (χ1) is 9.63. The molecule has 0 aromatic heterocycles. The summed E-state index contributed by atoms with van der Waals surface area (Å²) in [5.74, 6) is 0.216. The molecule has 21 heavy (non-hydrogen) atoms. The Bertz CT molecular complexity index is 506. The van der Waals surface area contributed by atoms with Crippen LogP contribution in [-0.4, -0.2) is 25.0 Å². The van der Waals surface area contributed by atoms with Crippen LogP contribution in [0.25, 0.3) is 0 Å². The van der Waals surface area contributed by atoms with Crippen molar-refractivity contribution in [2.75, 3.05) is 18.4 Å². The summed E-state index contributed by atoms with van der Waals surface area (Å²) in [4.78, 5) is 15.6. The van der Waals surface area contributed by atoms with Gasteiger partial charge >= 0.3 is 0 Å². The fourth-order valence-corrected chi connectivity index (χ4v) is 1.93. The first kappa shape index (κ1) is 17.7. The van der Waals surface area contributed by atoms with Crippen LogP contribution < -0.4 is 16.4 Å². The molecule has 1 fully saturated rings. The van der Waals surface area contributed by atoms with Gasteiger partial charge in [-0.3, -0.25) is 4.79 Å². The van der Waals surface area contributed by atoms with Crippen molar-refractivity contribution in [1.29, 1.82) is 0 Å². The molecule has 1 aliphatic carbocycles. The van der Waals surface area contributed by atoms with Crippen molar-refractivity contribution in [1.82, 2.24) is 5.32 Å². The van der Waals surface area contributed by atoms with Crippen molar-refractivity contribution in [3.05, 3.63) is 30.1 Å². The van der Waals surface area contributed by atoms with E-state index in [2.05, 4.69) is 15.6 Å². The molecule has 0 bridgehead atoms. The van der Waals surface area contributed by atoms with Crippen molar-refractivity contribution < 1.29 is 9.18 Å². The number of hydrogen-bond donors (Lipinski definition) is 3. The molecular weight excluding hydrogens is 386 g/mol. The van der Waals surface area contributed by atoms with Gasteiger partial charge in [0, 0.05) is 12.2 Å². The number of carbonyl (C=O) groups excluding carboxylic acids is 1. The minimum absolute atomic E-state index is 0. The van der Waals surface area contributed by atoms with Gasteiger partial charge in [0.1, 0.15) is 12.4 Å². The molecule has 0 aliphatic heterocycles.